The average molecular weight is 446 g/mol. The number of rotatable bonds is 5. The van der Waals surface area contributed by atoms with E-state index in [9.17, 15) is 14.0 Å². The van der Waals surface area contributed by atoms with E-state index < -0.39 is 0 Å². The predicted molar refractivity (Wildman–Crippen MR) is 127 cm³/mol. The van der Waals surface area contributed by atoms with Crippen molar-refractivity contribution in [3.63, 3.8) is 0 Å². The van der Waals surface area contributed by atoms with Gasteiger partial charge in [-0.3, -0.25) is 14.5 Å². The summed E-state index contributed by atoms with van der Waals surface area (Å²) in [6, 6.07) is 22.0. The topological polar surface area (TPSA) is 52.7 Å². The number of nitrogens with zero attached hydrogens (tertiary/aromatic N) is 2. The predicted octanol–water partition coefficient (Wildman–Crippen LogP) is 4.26. The highest BCUT2D eigenvalue weighted by atomic mass is 19.1. The third-order valence-corrected chi connectivity index (χ3v) is 6.20. The zero-order valence-electron chi connectivity index (χ0n) is 18.9. The van der Waals surface area contributed by atoms with Crippen molar-refractivity contribution in [1.82, 2.24) is 15.1 Å². The fourth-order valence-corrected chi connectivity index (χ4v) is 4.52. The Kier molecular flexibility index (Phi) is 6.84. The molecule has 0 bridgehead atoms. The van der Waals surface area contributed by atoms with Gasteiger partial charge in [0.15, 0.2) is 0 Å². The number of amides is 2. The van der Waals surface area contributed by atoms with Crippen molar-refractivity contribution < 1.29 is 14.0 Å². The molecule has 3 aromatic rings. The lowest BCUT2D eigenvalue weighted by molar-refractivity contribution is -0.134. The van der Waals surface area contributed by atoms with Gasteiger partial charge in [0, 0.05) is 51.3 Å². The number of carbonyl (C=O) groups excluding carboxylic acids is 2. The van der Waals surface area contributed by atoms with Crippen molar-refractivity contribution in [2.45, 2.75) is 19.5 Å². The van der Waals surface area contributed by atoms with Crippen molar-refractivity contribution in [3.05, 3.63) is 95.3 Å². The molecule has 0 saturated carbocycles. The van der Waals surface area contributed by atoms with Gasteiger partial charge in [0.2, 0.25) is 5.91 Å². The molecule has 1 aliphatic rings. The van der Waals surface area contributed by atoms with Crippen LogP contribution in [0.1, 0.15) is 34.5 Å². The first-order valence-corrected chi connectivity index (χ1v) is 11.1. The molecular weight excluding hydrogens is 417 g/mol. The number of hydrogen-bond donors (Lipinski definition) is 1. The minimum Gasteiger partial charge on any atom is -0.355 e. The van der Waals surface area contributed by atoms with Crippen molar-refractivity contribution in [2.24, 2.45) is 0 Å². The maximum atomic E-state index is 14.5. The van der Waals surface area contributed by atoms with Gasteiger partial charge in [0.05, 0.1) is 6.04 Å². The molecule has 33 heavy (non-hydrogen) atoms. The lowest BCUT2D eigenvalue weighted by atomic mass is 9.97. The van der Waals surface area contributed by atoms with E-state index in [-0.39, 0.29) is 23.7 Å². The Morgan fingerprint density at radius 1 is 0.970 bits per heavy atom. The highest BCUT2D eigenvalue weighted by Crippen LogP contribution is 2.30. The molecule has 1 fully saturated rings. The van der Waals surface area contributed by atoms with Gasteiger partial charge >= 0.3 is 0 Å². The number of benzene rings is 3. The van der Waals surface area contributed by atoms with Crippen LogP contribution in [0, 0.1) is 5.82 Å². The van der Waals surface area contributed by atoms with Crippen LogP contribution in [0.3, 0.4) is 0 Å². The lowest BCUT2D eigenvalue weighted by Gasteiger charge is -2.41. The number of nitrogens with one attached hydrogen (secondary N) is 1. The van der Waals surface area contributed by atoms with Gasteiger partial charge < -0.3 is 10.2 Å². The smallest absolute Gasteiger partial charge is 0.251 e. The molecule has 1 aliphatic heterocycles. The van der Waals surface area contributed by atoms with E-state index in [0.717, 1.165) is 23.2 Å². The van der Waals surface area contributed by atoms with Gasteiger partial charge in [-0.05, 0) is 34.9 Å². The van der Waals surface area contributed by atoms with E-state index in [1.54, 1.807) is 32.2 Å². The normalized spacial score (nSPS) is 16.5. The van der Waals surface area contributed by atoms with E-state index in [1.165, 1.54) is 6.07 Å². The molecule has 0 spiro atoms. The maximum Gasteiger partial charge on any atom is 0.251 e. The van der Waals surface area contributed by atoms with Crippen LogP contribution in [0.5, 0.6) is 0 Å². The number of carbonyl (C=O) groups is 2. The molecule has 5 nitrogen and oxygen atoms in total. The third-order valence-electron chi connectivity index (χ3n) is 6.20. The van der Waals surface area contributed by atoms with Crippen LogP contribution in [0.4, 0.5) is 4.39 Å². The summed E-state index contributed by atoms with van der Waals surface area (Å²) in [6.07, 6.45) is 0. The van der Waals surface area contributed by atoms with Crippen molar-refractivity contribution >= 4 is 11.8 Å². The SMILES string of the molecule is CNC(=O)c1cccc([C@H]2CN(Cc3ccccc3-c3ccccc3F)CCN2C(C)=O)c1. The minimum absolute atomic E-state index is 0.0109. The van der Waals surface area contributed by atoms with Crippen molar-refractivity contribution in [3.8, 4) is 11.1 Å². The molecule has 0 aromatic heterocycles. The summed E-state index contributed by atoms with van der Waals surface area (Å²) in [4.78, 5) is 28.7. The Hall–Kier alpha value is -3.51. The van der Waals surface area contributed by atoms with Crippen LogP contribution < -0.4 is 5.32 Å². The highest BCUT2D eigenvalue weighted by Gasteiger charge is 2.30. The van der Waals surface area contributed by atoms with Crippen molar-refractivity contribution in [1.29, 1.82) is 0 Å². The molecule has 0 unspecified atom stereocenters. The Morgan fingerprint density at radius 2 is 1.70 bits per heavy atom. The van der Waals surface area contributed by atoms with Gasteiger partial charge in [-0.2, -0.15) is 0 Å². The molecule has 0 aliphatic carbocycles. The van der Waals surface area contributed by atoms with Crippen LogP contribution in [0.2, 0.25) is 0 Å². The summed E-state index contributed by atoms with van der Waals surface area (Å²) in [6.45, 7) is 4.16. The highest BCUT2D eigenvalue weighted by molar-refractivity contribution is 5.94. The van der Waals surface area contributed by atoms with Gasteiger partial charge in [0.25, 0.3) is 5.91 Å². The summed E-state index contributed by atoms with van der Waals surface area (Å²) < 4.78 is 14.5. The zero-order valence-corrected chi connectivity index (χ0v) is 18.9. The Balaban J connectivity index is 1.61. The van der Waals surface area contributed by atoms with Crippen LogP contribution in [-0.4, -0.2) is 48.3 Å². The van der Waals surface area contributed by atoms with Crippen LogP contribution in [0.15, 0.2) is 72.8 Å². The molecule has 1 atom stereocenters. The third kappa shape index (κ3) is 4.96. The fraction of sp³-hybridized carbons (Fsp3) is 0.259. The summed E-state index contributed by atoms with van der Waals surface area (Å²) in [5.74, 6) is -0.385. The zero-order chi connectivity index (χ0) is 23.4. The average Bonchev–Trinajstić information content (AvgIpc) is 2.84. The molecule has 4 rings (SSSR count). The van der Waals surface area contributed by atoms with Gasteiger partial charge in [0.1, 0.15) is 5.82 Å². The number of halogens is 1. The molecule has 1 saturated heterocycles. The summed E-state index contributed by atoms with van der Waals surface area (Å²) >= 11 is 0. The molecule has 2 amide bonds. The van der Waals surface area contributed by atoms with E-state index in [2.05, 4.69) is 10.2 Å². The largest absolute Gasteiger partial charge is 0.355 e. The Labute approximate surface area is 193 Å². The van der Waals surface area contributed by atoms with Crippen molar-refractivity contribution in [2.75, 3.05) is 26.7 Å². The monoisotopic (exact) mass is 445 g/mol. The second-order valence-electron chi connectivity index (χ2n) is 8.30. The van der Waals surface area contributed by atoms with E-state index in [1.807, 2.05) is 53.4 Å². The molecule has 1 heterocycles. The van der Waals surface area contributed by atoms with E-state index in [4.69, 9.17) is 0 Å². The number of piperazine rings is 1. The van der Waals surface area contributed by atoms with Gasteiger partial charge in [-0.15, -0.1) is 0 Å². The van der Waals surface area contributed by atoms with Gasteiger partial charge in [-0.1, -0.05) is 54.6 Å². The first-order chi connectivity index (χ1) is 16.0. The fourth-order valence-electron chi connectivity index (χ4n) is 4.52. The molecule has 6 heteroatoms. The summed E-state index contributed by atoms with van der Waals surface area (Å²) in [5, 5.41) is 2.65. The first-order valence-electron chi connectivity index (χ1n) is 11.1. The summed E-state index contributed by atoms with van der Waals surface area (Å²) in [7, 11) is 1.60. The maximum absolute atomic E-state index is 14.5. The quantitative estimate of drug-likeness (QED) is 0.639. The van der Waals surface area contributed by atoms with Crippen LogP contribution in [-0.2, 0) is 11.3 Å². The second-order valence-corrected chi connectivity index (χ2v) is 8.30. The molecule has 170 valence electrons. The standard InChI is InChI=1S/C27H28FN3O2/c1-19(32)31-15-14-30(18-26(31)20-9-7-10-21(16-20)27(33)29-2)17-22-8-3-4-11-23(22)24-12-5-6-13-25(24)28/h3-13,16,26H,14-15,17-18H2,1-2H3,(H,29,33)/t26-/m1/s1. The van der Waals surface area contributed by atoms with E-state index in [0.29, 0.717) is 30.8 Å². The summed E-state index contributed by atoms with van der Waals surface area (Å²) in [5.41, 5.74) is 4.00. The molecule has 0 radical (unpaired) electrons. The Morgan fingerprint density at radius 3 is 2.42 bits per heavy atom. The molecular formula is C27H28FN3O2. The van der Waals surface area contributed by atoms with Crippen LogP contribution in [0.25, 0.3) is 11.1 Å². The lowest BCUT2D eigenvalue weighted by Crippen LogP contribution is -2.49. The Bertz CT molecular complexity index is 1160. The molecule has 1 N–H and O–H groups in total. The van der Waals surface area contributed by atoms with E-state index >= 15 is 0 Å². The van der Waals surface area contributed by atoms with Gasteiger partial charge in [-0.25, -0.2) is 4.39 Å². The minimum atomic E-state index is -0.241. The van der Waals surface area contributed by atoms with Crippen LogP contribution >= 0.6 is 0 Å². The molecule has 3 aromatic carbocycles. The second kappa shape index (κ2) is 9.96. The first kappa shape index (κ1) is 22.7. The number of hydrogen-bond acceptors (Lipinski definition) is 3.